The highest BCUT2D eigenvalue weighted by Gasteiger charge is 2.10. The second-order valence-corrected chi connectivity index (χ2v) is 4.13. The Morgan fingerprint density at radius 1 is 1.38 bits per heavy atom. The van der Waals surface area contributed by atoms with Crippen molar-refractivity contribution in [2.45, 2.75) is 27.2 Å². The topological polar surface area (TPSA) is 0 Å². The summed E-state index contributed by atoms with van der Waals surface area (Å²) < 4.78 is 13.3. The molecule has 0 fully saturated rings. The van der Waals surface area contributed by atoms with E-state index in [1.54, 1.807) is 6.07 Å². The lowest BCUT2D eigenvalue weighted by Gasteiger charge is -2.10. The number of halogens is 2. The molecule has 0 aliphatic heterocycles. The maximum atomic E-state index is 13.3. The number of aryl methyl sites for hydroxylation is 1. The molecule has 0 saturated heterocycles. The zero-order valence-electron chi connectivity index (χ0n) is 8.20. The van der Waals surface area contributed by atoms with E-state index >= 15 is 0 Å². The molecule has 0 saturated carbocycles. The molecule has 1 rings (SSSR count). The largest absolute Gasteiger partial charge is 0.207 e. The van der Waals surface area contributed by atoms with Crippen molar-refractivity contribution < 1.29 is 4.39 Å². The van der Waals surface area contributed by atoms with E-state index in [0.29, 0.717) is 22.9 Å². The lowest BCUT2D eigenvalue weighted by Crippen LogP contribution is -1.99. The standard InChI is InChI=1S/C11H14ClF/c1-7(2)6-9-10(13)5-4-8(3)11(9)12/h4-5,7H,6H2,1-3H3. The molecule has 0 radical (unpaired) electrons. The number of hydrogen-bond donors (Lipinski definition) is 0. The van der Waals surface area contributed by atoms with Gasteiger partial charge in [0.05, 0.1) is 0 Å². The molecule has 0 aromatic heterocycles. The van der Waals surface area contributed by atoms with Gasteiger partial charge in [-0.1, -0.05) is 31.5 Å². The Morgan fingerprint density at radius 2 is 2.00 bits per heavy atom. The molecule has 2 heteroatoms. The summed E-state index contributed by atoms with van der Waals surface area (Å²) in [7, 11) is 0. The summed E-state index contributed by atoms with van der Waals surface area (Å²) in [4.78, 5) is 0. The first-order valence-corrected chi connectivity index (χ1v) is 4.83. The van der Waals surface area contributed by atoms with E-state index in [2.05, 4.69) is 13.8 Å². The highest BCUT2D eigenvalue weighted by Crippen LogP contribution is 2.25. The Hall–Kier alpha value is -0.560. The third kappa shape index (κ3) is 2.44. The Morgan fingerprint density at radius 3 is 2.54 bits per heavy atom. The van der Waals surface area contributed by atoms with E-state index in [1.165, 1.54) is 6.07 Å². The fourth-order valence-corrected chi connectivity index (χ4v) is 1.54. The van der Waals surface area contributed by atoms with Crippen molar-refractivity contribution >= 4 is 11.6 Å². The van der Waals surface area contributed by atoms with Gasteiger partial charge in [0.15, 0.2) is 0 Å². The average molecular weight is 201 g/mol. The lowest BCUT2D eigenvalue weighted by atomic mass is 10.0. The van der Waals surface area contributed by atoms with Gasteiger partial charge < -0.3 is 0 Å². The van der Waals surface area contributed by atoms with Gasteiger partial charge in [0.1, 0.15) is 5.82 Å². The molecule has 1 aromatic rings. The van der Waals surface area contributed by atoms with Gasteiger partial charge in [-0.25, -0.2) is 4.39 Å². The van der Waals surface area contributed by atoms with Crippen molar-refractivity contribution in [1.82, 2.24) is 0 Å². The van der Waals surface area contributed by atoms with Crippen LogP contribution in [-0.4, -0.2) is 0 Å². The van der Waals surface area contributed by atoms with E-state index in [1.807, 2.05) is 6.92 Å². The fourth-order valence-electron chi connectivity index (χ4n) is 1.31. The molecule has 72 valence electrons. The van der Waals surface area contributed by atoms with Crippen molar-refractivity contribution in [2.24, 2.45) is 5.92 Å². The normalized spacial score (nSPS) is 10.9. The molecular formula is C11H14ClF. The molecule has 0 nitrogen and oxygen atoms in total. The van der Waals surface area contributed by atoms with Gasteiger partial charge in [0.2, 0.25) is 0 Å². The second kappa shape index (κ2) is 4.10. The zero-order chi connectivity index (χ0) is 10.0. The number of rotatable bonds is 2. The first-order chi connectivity index (χ1) is 6.02. The van der Waals surface area contributed by atoms with Crippen LogP contribution in [0.3, 0.4) is 0 Å². The molecule has 0 atom stereocenters. The van der Waals surface area contributed by atoms with Gasteiger partial charge in [-0.3, -0.25) is 0 Å². The summed E-state index contributed by atoms with van der Waals surface area (Å²) in [6.07, 6.45) is 0.701. The van der Waals surface area contributed by atoms with Crippen LogP contribution in [0.15, 0.2) is 12.1 Å². The lowest BCUT2D eigenvalue weighted by molar-refractivity contribution is 0.574. The van der Waals surface area contributed by atoms with Crippen LogP contribution < -0.4 is 0 Å². The minimum Gasteiger partial charge on any atom is -0.207 e. The Labute approximate surface area is 83.7 Å². The van der Waals surface area contributed by atoms with E-state index in [0.717, 1.165) is 5.56 Å². The molecular weight excluding hydrogens is 187 g/mol. The summed E-state index contributed by atoms with van der Waals surface area (Å²) >= 11 is 6.00. The Bertz CT molecular complexity index is 305. The monoisotopic (exact) mass is 200 g/mol. The maximum Gasteiger partial charge on any atom is 0.127 e. The van der Waals surface area contributed by atoms with Gasteiger partial charge in [0, 0.05) is 10.6 Å². The summed E-state index contributed by atoms with van der Waals surface area (Å²) in [5.74, 6) is 0.234. The van der Waals surface area contributed by atoms with Crippen LogP contribution in [-0.2, 0) is 6.42 Å². The first kappa shape index (κ1) is 10.5. The minimum atomic E-state index is -0.190. The Kier molecular flexibility index (Phi) is 3.32. The molecule has 0 heterocycles. The predicted octanol–water partition coefficient (Wildman–Crippen LogP) is 3.99. The molecule has 0 spiro atoms. The van der Waals surface area contributed by atoms with Crippen molar-refractivity contribution in [3.8, 4) is 0 Å². The maximum absolute atomic E-state index is 13.3. The summed E-state index contributed by atoms with van der Waals surface area (Å²) in [5.41, 5.74) is 1.59. The van der Waals surface area contributed by atoms with E-state index in [9.17, 15) is 4.39 Å². The zero-order valence-corrected chi connectivity index (χ0v) is 8.95. The van der Waals surface area contributed by atoms with E-state index in [4.69, 9.17) is 11.6 Å². The van der Waals surface area contributed by atoms with Gasteiger partial charge >= 0.3 is 0 Å². The van der Waals surface area contributed by atoms with Crippen LogP contribution >= 0.6 is 11.6 Å². The molecule has 1 aromatic carbocycles. The van der Waals surface area contributed by atoms with Gasteiger partial charge in [-0.05, 0) is 30.9 Å². The second-order valence-electron chi connectivity index (χ2n) is 3.75. The highest BCUT2D eigenvalue weighted by atomic mass is 35.5. The third-order valence-electron chi connectivity index (χ3n) is 1.99. The first-order valence-electron chi connectivity index (χ1n) is 4.46. The minimum absolute atomic E-state index is 0.190. The van der Waals surface area contributed by atoms with Crippen LogP contribution in [0.2, 0.25) is 5.02 Å². The molecule has 0 aliphatic rings. The quantitative estimate of drug-likeness (QED) is 0.678. The molecule has 0 amide bonds. The molecule has 13 heavy (non-hydrogen) atoms. The summed E-state index contributed by atoms with van der Waals surface area (Å²) in [5, 5.41) is 0.578. The number of benzene rings is 1. The van der Waals surface area contributed by atoms with Crippen molar-refractivity contribution in [1.29, 1.82) is 0 Å². The van der Waals surface area contributed by atoms with Crippen molar-refractivity contribution in [3.63, 3.8) is 0 Å². The van der Waals surface area contributed by atoms with E-state index in [-0.39, 0.29) is 5.82 Å². The van der Waals surface area contributed by atoms with Crippen molar-refractivity contribution in [3.05, 3.63) is 34.1 Å². The Balaban J connectivity index is 3.10. The van der Waals surface area contributed by atoms with Crippen LogP contribution in [0.5, 0.6) is 0 Å². The number of hydrogen-bond acceptors (Lipinski definition) is 0. The third-order valence-corrected chi connectivity index (χ3v) is 2.52. The highest BCUT2D eigenvalue weighted by molar-refractivity contribution is 6.32. The van der Waals surface area contributed by atoms with Gasteiger partial charge in [0.25, 0.3) is 0 Å². The van der Waals surface area contributed by atoms with Crippen molar-refractivity contribution in [2.75, 3.05) is 0 Å². The SMILES string of the molecule is Cc1ccc(F)c(CC(C)C)c1Cl. The molecule has 0 bridgehead atoms. The molecule has 0 N–H and O–H groups in total. The summed E-state index contributed by atoms with van der Waals surface area (Å²) in [6.45, 7) is 6.00. The fraction of sp³-hybridized carbons (Fsp3) is 0.455. The predicted molar refractivity (Wildman–Crippen MR) is 54.7 cm³/mol. The molecule has 0 aliphatic carbocycles. The van der Waals surface area contributed by atoms with Crippen LogP contribution in [0.4, 0.5) is 4.39 Å². The van der Waals surface area contributed by atoms with Gasteiger partial charge in [-0.15, -0.1) is 0 Å². The van der Waals surface area contributed by atoms with Gasteiger partial charge in [-0.2, -0.15) is 0 Å². The van der Waals surface area contributed by atoms with Crippen LogP contribution in [0, 0.1) is 18.7 Å². The van der Waals surface area contributed by atoms with Crippen LogP contribution in [0.25, 0.3) is 0 Å². The molecule has 0 unspecified atom stereocenters. The van der Waals surface area contributed by atoms with E-state index < -0.39 is 0 Å². The smallest absolute Gasteiger partial charge is 0.127 e. The average Bonchev–Trinajstić information content (AvgIpc) is 2.05. The summed E-state index contributed by atoms with van der Waals surface area (Å²) in [6, 6.07) is 3.19. The van der Waals surface area contributed by atoms with Crippen LogP contribution in [0.1, 0.15) is 25.0 Å².